The van der Waals surface area contributed by atoms with Crippen molar-refractivity contribution in [1.82, 2.24) is 0 Å². The van der Waals surface area contributed by atoms with Crippen molar-refractivity contribution in [1.29, 1.82) is 0 Å². The highest BCUT2D eigenvalue weighted by molar-refractivity contribution is 7.94. The second-order valence-electron chi connectivity index (χ2n) is 7.06. The van der Waals surface area contributed by atoms with Crippen LogP contribution in [0.5, 0.6) is 0 Å². The number of non-ortho nitro benzene ring substituents is 1. The van der Waals surface area contributed by atoms with Crippen molar-refractivity contribution in [2.24, 2.45) is 15.2 Å². The molecule has 200 valence electrons. The van der Waals surface area contributed by atoms with E-state index in [2.05, 4.69) is 31.3 Å². The fourth-order valence-corrected chi connectivity index (χ4v) is 4.19. The van der Waals surface area contributed by atoms with Crippen LogP contribution in [0.4, 0.5) is 22.7 Å². The van der Waals surface area contributed by atoms with E-state index in [9.17, 15) is 23.1 Å². The van der Waals surface area contributed by atoms with Crippen molar-refractivity contribution in [3.63, 3.8) is 0 Å². The SMILES string of the molecule is C=Nc1ccc(N=Nc2ccc(/C=C\c3ccc([N+](=O)[O-])cc3SOOO)c(S(=O)(=O)O)c2)c(C)c1.CC. The smallest absolute Gasteiger partial charge is 0.282 e. The van der Waals surface area contributed by atoms with Crippen molar-refractivity contribution >= 4 is 63.8 Å². The number of nitro groups is 1. The van der Waals surface area contributed by atoms with Crippen molar-refractivity contribution in [2.45, 2.75) is 30.6 Å². The molecule has 0 atom stereocenters. The van der Waals surface area contributed by atoms with Crippen LogP contribution in [0.1, 0.15) is 30.5 Å². The molecule has 3 rings (SSSR count). The van der Waals surface area contributed by atoms with Crippen LogP contribution in [0.3, 0.4) is 0 Å². The van der Waals surface area contributed by atoms with Crippen LogP contribution >= 0.6 is 12.0 Å². The summed E-state index contributed by atoms with van der Waals surface area (Å²) in [4.78, 5) is 14.0. The molecule has 0 unspecified atom stereocenters. The van der Waals surface area contributed by atoms with E-state index >= 15 is 0 Å². The van der Waals surface area contributed by atoms with Gasteiger partial charge in [0.2, 0.25) is 0 Å². The molecule has 0 heterocycles. The summed E-state index contributed by atoms with van der Waals surface area (Å²) in [6.45, 7) is 9.27. The lowest BCUT2D eigenvalue weighted by molar-refractivity contribution is -0.432. The minimum atomic E-state index is -4.65. The van der Waals surface area contributed by atoms with Crippen molar-refractivity contribution in [2.75, 3.05) is 0 Å². The highest BCUT2D eigenvalue weighted by atomic mass is 32.2. The van der Waals surface area contributed by atoms with Crippen molar-refractivity contribution in [3.8, 4) is 0 Å². The second-order valence-corrected chi connectivity index (χ2v) is 9.20. The molecule has 0 aromatic heterocycles. The van der Waals surface area contributed by atoms with Gasteiger partial charge in [0.1, 0.15) is 4.90 Å². The van der Waals surface area contributed by atoms with Crippen molar-refractivity contribution < 1.29 is 32.5 Å². The number of rotatable bonds is 10. The third-order valence-electron chi connectivity index (χ3n) is 4.72. The summed E-state index contributed by atoms with van der Waals surface area (Å²) in [6.07, 6.45) is 2.82. The molecule has 0 aliphatic heterocycles. The lowest BCUT2D eigenvalue weighted by Gasteiger charge is -2.06. The average molecular weight is 561 g/mol. The van der Waals surface area contributed by atoms with E-state index in [1.807, 2.05) is 20.8 Å². The molecule has 14 heteroatoms. The highest BCUT2D eigenvalue weighted by Crippen LogP contribution is 2.31. The number of azo groups is 1. The number of benzene rings is 3. The molecule has 0 fully saturated rings. The zero-order chi connectivity index (χ0) is 28.3. The molecule has 2 N–H and O–H groups in total. The molecule has 0 amide bonds. The number of hydrogen-bond donors (Lipinski definition) is 2. The third kappa shape index (κ3) is 8.37. The van der Waals surface area contributed by atoms with Crippen LogP contribution in [0, 0.1) is 17.0 Å². The second kappa shape index (κ2) is 14.2. The minimum Gasteiger partial charge on any atom is -0.282 e. The first-order valence-electron chi connectivity index (χ1n) is 10.8. The van der Waals surface area contributed by atoms with Crippen LogP contribution in [0.25, 0.3) is 12.2 Å². The Morgan fingerprint density at radius 3 is 2.26 bits per heavy atom. The Morgan fingerprint density at radius 2 is 1.66 bits per heavy atom. The maximum Gasteiger partial charge on any atom is 0.295 e. The summed E-state index contributed by atoms with van der Waals surface area (Å²) in [5.74, 6) is 0. The molecule has 0 spiro atoms. The van der Waals surface area contributed by atoms with Gasteiger partial charge < -0.3 is 0 Å². The lowest BCUT2D eigenvalue weighted by atomic mass is 10.1. The molecule has 3 aromatic rings. The summed E-state index contributed by atoms with van der Waals surface area (Å²) >= 11 is 0.502. The Balaban J connectivity index is 0.00000247. The number of nitro benzene ring substituents is 1. The van der Waals surface area contributed by atoms with Crippen LogP contribution < -0.4 is 0 Å². The van der Waals surface area contributed by atoms with Crippen LogP contribution in [0.2, 0.25) is 0 Å². The van der Waals surface area contributed by atoms with E-state index in [1.54, 1.807) is 18.2 Å². The van der Waals surface area contributed by atoms with E-state index < -0.39 is 19.9 Å². The van der Waals surface area contributed by atoms with Gasteiger partial charge in [-0.15, -0.1) is 4.33 Å². The van der Waals surface area contributed by atoms with Crippen LogP contribution in [-0.2, 0) is 19.5 Å². The standard InChI is InChI=1S/C22H18N4O8S2.C2H6/c1-14-11-17(23-2)8-10-20(14)25-24-18-7-5-16(22(12-18)36(30,31)32)4-3-15-6-9-19(26(27)28)13-21(15)35-34-33-29;1-2/h3-13,29H,2H2,1H3,(H,30,31,32);1-2H3/b4-3-,25-24?;. The van der Waals surface area contributed by atoms with Gasteiger partial charge in [-0.05, 0) is 66.7 Å². The van der Waals surface area contributed by atoms with E-state index in [0.29, 0.717) is 29.0 Å². The largest absolute Gasteiger partial charge is 0.295 e. The van der Waals surface area contributed by atoms with Gasteiger partial charge >= 0.3 is 0 Å². The van der Waals surface area contributed by atoms with Gasteiger partial charge in [0.15, 0.2) is 0 Å². The van der Waals surface area contributed by atoms with E-state index in [-0.39, 0.29) is 21.8 Å². The number of nitrogens with zero attached hydrogens (tertiary/aromatic N) is 4. The van der Waals surface area contributed by atoms with Gasteiger partial charge in [-0.25, -0.2) is 5.26 Å². The molecular weight excluding hydrogens is 536 g/mol. The van der Waals surface area contributed by atoms with Gasteiger partial charge in [-0.1, -0.05) is 37.1 Å². The molecule has 12 nitrogen and oxygen atoms in total. The molecule has 3 aromatic carbocycles. The summed E-state index contributed by atoms with van der Waals surface area (Å²) in [7, 11) is -4.65. The highest BCUT2D eigenvalue weighted by Gasteiger charge is 2.16. The first kappa shape index (κ1) is 30.4. The summed E-state index contributed by atoms with van der Waals surface area (Å²) in [5, 5.41) is 31.2. The Kier molecular flexibility index (Phi) is 11.4. The normalized spacial score (nSPS) is 11.4. The predicted octanol–water partition coefficient (Wildman–Crippen LogP) is 7.52. The summed E-state index contributed by atoms with van der Waals surface area (Å²) in [6, 6.07) is 13.0. The minimum absolute atomic E-state index is 0.114. The Labute approximate surface area is 223 Å². The maximum absolute atomic E-state index is 12.0. The molecule has 0 radical (unpaired) electrons. The monoisotopic (exact) mass is 560 g/mol. The Morgan fingerprint density at radius 1 is 1.00 bits per heavy atom. The van der Waals surface area contributed by atoms with Gasteiger partial charge in [-0.2, -0.15) is 18.6 Å². The molecule has 0 saturated carbocycles. The Hall–Kier alpha value is -3.79. The van der Waals surface area contributed by atoms with E-state index in [4.69, 9.17) is 5.26 Å². The van der Waals surface area contributed by atoms with Gasteiger partial charge in [0.05, 0.1) is 38.9 Å². The number of aliphatic imine (C=N–C) groups is 1. The van der Waals surface area contributed by atoms with Crippen molar-refractivity contribution in [3.05, 3.63) is 81.4 Å². The maximum atomic E-state index is 12.0. The summed E-state index contributed by atoms with van der Waals surface area (Å²) < 4.78 is 38.2. The lowest BCUT2D eigenvalue weighted by Crippen LogP contribution is -2.00. The molecule has 0 saturated heterocycles. The number of aryl methyl sites for hydroxylation is 1. The molecule has 38 heavy (non-hydrogen) atoms. The van der Waals surface area contributed by atoms with Crippen LogP contribution in [0.15, 0.2) is 79.6 Å². The van der Waals surface area contributed by atoms with E-state index in [1.165, 1.54) is 42.5 Å². The first-order valence-corrected chi connectivity index (χ1v) is 13.0. The van der Waals surface area contributed by atoms with Gasteiger partial charge in [0.25, 0.3) is 15.8 Å². The summed E-state index contributed by atoms with van der Waals surface area (Å²) in [5.41, 5.74) is 2.41. The third-order valence-corrected chi connectivity index (χ3v) is 6.29. The van der Waals surface area contributed by atoms with Gasteiger partial charge in [0, 0.05) is 12.1 Å². The molecule has 0 aliphatic rings. The number of hydrogen-bond acceptors (Lipinski definition) is 11. The Bertz CT molecular complexity index is 1470. The zero-order valence-electron chi connectivity index (χ0n) is 20.5. The van der Waals surface area contributed by atoms with Crippen LogP contribution in [-0.4, -0.2) is 29.9 Å². The first-order chi connectivity index (χ1) is 18.1. The molecular formula is C24H24N4O8S2. The fourth-order valence-electron chi connectivity index (χ4n) is 2.99. The molecule has 0 aliphatic carbocycles. The fraction of sp³-hybridized carbons (Fsp3) is 0.125. The zero-order valence-corrected chi connectivity index (χ0v) is 22.1. The van der Waals surface area contributed by atoms with Gasteiger partial charge in [-0.3, -0.25) is 19.7 Å². The quantitative estimate of drug-likeness (QED) is 0.0371. The topological polar surface area (TPSA) is 173 Å². The predicted molar refractivity (Wildman–Crippen MR) is 145 cm³/mol. The van der Waals surface area contributed by atoms with E-state index in [0.717, 1.165) is 11.6 Å². The average Bonchev–Trinajstić information content (AvgIpc) is 2.90. The molecule has 0 bridgehead atoms.